The highest BCUT2D eigenvalue weighted by molar-refractivity contribution is 6.35. The molecule has 0 radical (unpaired) electrons. The molecule has 6 heteroatoms. The zero-order chi connectivity index (χ0) is 10.3. The number of hydrogen-bond donors (Lipinski definition) is 0. The van der Waals surface area contributed by atoms with Crippen LogP contribution in [-0.4, -0.2) is 19.7 Å². The maximum Gasteiger partial charge on any atom is 0.224 e. The van der Waals surface area contributed by atoms with Gasteiger partial charge in [0.05, 0.1) is 5.69 Å². The first-order valence-electron chi connectivity index (χ1n) is 4.18. The third-order valence-corrected chi connectivity index (χ3v) is 2.45. The molecule has 0 aliphatic rings. The van der Waals surface area contributed by atoms with Crippen LogP contribution in [0.5, 0.6) is 0 Å². The second-order valence-electron chi connectivity index (χ2n) is 2.90. The van der Waals surface area contributed by atoms with Crippen LogP contribution in [0.25, 0.3) is 11.0 Å². The Morgan fingerprint density at radius 3 is 2.64 bits per heavy atom. The van der Waals surface area contributed by atoms with Crippen LogP contribution in [0.2, 0.25) is 10.4 Å². The van der Waals surface area contributed by atoms with Gasteiger partial charge in [-0.2, -0.15) is 5.10 Å². The zero-order valence-corrected chi connectivity index (χ0v) is 9.26. The number of aryl methyl sites for hydroxylation is 2. The molecule has 0 N–H and O–H groups in total. The fraction of sp³-hybridized carbons (Fsp3) is 0.375. The van der Waals surface area contributed by atoms with Crippen LogP contribution < -0.4 is 0 Å². The summed E-state index contributed by atoms with van der Waals surface area (Å²) in [5.74, 6) is 0. The second-order valence-corrected chi connectivity index (χ2v) is 3.60. The van der Waals surface area contributed by atoms with Gasteiger partial charge in [0.2, 0.25) is 5.28 Å². The average Bonchev–Trinajstić information content (AvgIpc) is 2.42. The summed E-state index contributed by atoms with van der Waals surface area (Å²) >= 11 is 11.7. The molecule has 0 atom stereocenters. The van der Waals surface area contributed by atoms with Gasteiger partial charge in [-0.1, -0.05) is 18.5 Å². The number of halogens is 2. The van der Waals surface area contributed by atoms with Gasteiger partial charge in [-0.15, -0.1) is 0 Å². The molecule has 2 heterocycles. The van der Waals surface area contributed by atoms with Crippen LogP contribution in [-0.2, 0) is 13.5 Å². The largest absolute Gasteiger partial charge is 0.263 e. The minimum Gasteiger partial charge on any atom is -0.263 e. The van der Waals surface area contributed by atoms with Gasteiger partial charge >= 0.3 is 0 Å². The summed E-state index contributed by atoms with van der Waals surface area (Å²) in [5.41, 5.74) is 2.35. The van der Waals surface area contributed by atoms with Crippen molar-refractivity contribution in [1.82, 2.24) is 19.7 Å². The molecule has 2 rings (SSSR count). The minimum atomic E-state index is 0.158. The van der Waals surface area contributed by atoms with E-state index in [1.54, 1.807) is 4.68 Å². The van der Waals surface area contributed by atoms with Gasteiger partial charge in [0.15, 0.2) is 5.15 Å². The maximum absolute atomic E-state index is 5.94. The third kappa shape index (κ3) is 1.35. The zero-order valence-electron chi connectivity index (χ0n) is 7.75. The Balaban J connectivity index is 2.89. The molecule has 0 unspecified atom stereocenters. The predicted molar refractivity (Wildman–Crippen MR) is 55.7 cm³/mol. The summed E-state index contributed by atoms with van der Waals surface area (Å²) in [6.07, 6.45) is 0.793. The molecule has 0 saturated carbocycles. The molecule has 74 valence electrons. The molecule has 0 bridgehead atoms. The topological polar surface area (TPSA) is 43.6 Å². The number of aromatic nitrogens is 4. The van der Waals surface area contributed by atoms with Gasteiger partial charge in [0, 0.05) is 7.05 Å². The fourth-order valence-electron chi connectivity index (χ4n) is 1.41. The Labute approximate surface area is 90.9 Å². The summed E-state index contributed by atoms with van der Waals surface area (Å²) in [4.78, 5) is 7.98. The molecule has 2 aromatic heterocycles. The van der Waals surface area contributed by atoms with Crippen molar-refractivity contribution >= 4 is 34.2 Å². The van der Waals surface area contributed by atoms with Gasteiger partial charge in [-0.3, -0.25) is 4.68 Å². The molecule has 0 fully saturated rings. The summed E-state index contributed by atoms with van der Waals surface area (Å²) in [7, 11) is 1.81. The molecule has 4 nitrogen and oxygen atoms in total. The molecule has 14 heavy (non-hydrogen) atoms. The van der Waals surface area contributed by atoms with Crippen molar-refractivity contribution in [3.63, 3.8) is 0 Å². The van der Waals surface area contributed by atoms with Crippen LogP contribution in [0.1, 0.15) is 12.6 Å². The molecule has 0 amide bonds. The number of fused-ring (bicyclic) bond motifs is 1. The first-order chi connectivity index (χ1) is 6.63. The fourth-order valence-corrected chi connectivity index (χ4v) is 1.91. The molecular formula is C8H8Cl2N4. The molecule has 0 spiro atoms. The third-order valence-electron chi connectivity index (χ3n) is 2.02. The monoisotopic (exact) mass is 230 g/mol. The lowest BCUT2D eigenvalue weighted by Gasteiger charge is -1.96. The van der Waals surface area contributed by atoms with E-state index in [0.29, 0.717) is 5.15 Å². The highest BCUT2D eigenvalue weighted by Gasteiger charge is 2.13. The lowest BCUT2D eigenvalue weighted by atomic mass is 10.3. The molecule has 2 aromatic rings. The minimum absolute atomic E-state index is 0.158. The Hall–Kier alpha value is -0.870. The SMILES string of the molecule is CCc1nn(C)c2c(Cl)nc(Cl)nc12. The Bertz CT molecular complexity index is 492. The van der Waals surface area contributed by atoms with Gasteiger partial charge in [0.25, 0.3) is 0 Å². The van der Waals surface area contributed by atoms with Crippen LogP contribution >= 0.6 is 23.2 Å². The van der Waals surface area contributed by atoms with Crippen molar-refractivity contribution in [2.75, 3.05) is 0 Å². The van der Waals surface area contributed by atoms with Crippen molar-refractivity contribution in [1.29, 1.82) is 0 Å². The maximum atomic E-state index is 5.94. The lowest BCUT2D eigenvalue weighted by Crippen LogP contribution is -1.92. The molecule has 0 saturated heterocycles. The van der Waals surface area contributed by atoms with Gasteiger partial charge in [0.1, 0.15) is 11.0 Å². The van der Waals surface area contributed by atoms with E-state index in [2.05, 4.69) is 15.1 Å². The van der Waals surface area contributed by atoms with Crippen LogP contribution in [0, 0.1) is 0 Å². The average molecular weight is 231 g/mol. The molecule has 0 aliphatic heterocycles. The van der Waals surface area contributed by atoms with E-state index in [1.165, 1.54) is 0 Å². The number of hydrogen-bond acceptors (Lipinski definition) is 3. The summed E-state index contributed by atoms with van der Waals surface area (Å²) in [6, 6.07) is 0. The van der Waals surface area contributed by atoms with E-state index in [1.807, 2.05) is 14.0 Å². The van der Waals surface area contributed by atoms with E-state index in [0.717, 1.165) is 23.1 Å². The van der Waals surface area contributed by atoms with E-state index in [9.17, 15) is 0 Å². The van der Waals surface area contributed by atoms with Crippen molar-refractivity contribution in [2.45, 2.75) is 13.3 Å². The molecule has 0 aliphatic carbocycles. The summed E-state index contributed by atoms with van der Waals surface area (Å²) in [6.45, 7) is 2.01. The quantitative estimate of drug-likeness (QED) is 0.558. The van der Waals surface area contributed by atoms with Gasteiger partial charge < -0.3 is 0 Å². The molecular weight excluding hydrogens is 223 g/mol. The standard InChI is InChI=1S/C8H8Cl2N4/c1-3-4-5-6(14(2)13-4)7(9)12-8(10)11-5/h3H2,1-2H3. The predicted octanol–water partition coefficient (Wildman–Crippen LogP) is 2.23. The highest BCUT2D eigenvalue weighted by Crippen LogP contribution is 2.24. The lowest BCUT2D eigenvalue weighted by molar-refractivity contribution is 0.769. The van der Waals surface area contributed by atoms with Crippen LogP contribution in [0.15, 0.2) is 0 Å². The van der Waals surface area contributed by atoms with E-state index >= 15 is 0 Å². The van der Waals surface area contributed by atoms with Crippen molar-refractivity contribution in [3.05, 3.63) is 16.1 Å². The van der Waals surface area contributed by atoms with Crippen molar-refractivity contribution in [2.24, 2.45) is 7.05 Å². The summed E-state index contributed by atoms with van der Waals surface area (Å²) < 4.78 is 1.67. The van der Waals surface area contributed by atoms with Gasteiger partial charge in [-0.05, 0) is 18.0 Å². The number of rotatable bonds is 1. The number of nitrogens with zero attached hydrogens (tertiary/aromatic N) is 4. The van der Waals surface area contributed by atoms with Crippen molar-refractivity contribution < 1.29 is 0 Å². The van der Waals surface area contributed by atoms with Crippen LogP contribution in [0.4, 0.5) is 0 Å². The second kappa shape index (κ2) is 3.37. The Kier molecular flexibility index (Phi) is 2.33. The Morgan fingerprint density at radius 2 is 2.00 bits per heavy atom. The van der Waals surface area contributed by atoms with Crippen LogP contribution in [0.3, 0.4) is 0 Å². The molecule has 0 aromatic carbocycles. The van der Waals surface area contributed by atoms with E-state index < -0.39 is 0 Å². The first-order valence-corrected chi connectivity index (χ1v) is 4.93. The van der Waals surface area contributed by atoms with E-state index in [-0.39, 0.29) is 5.28 Å². The first kappa shape index (κ1) is 9.68. The highest BCUT2D eigenvalue weighted by atomic mass is 35.5. The smallest absolute Gasteiger partial charge is 0.224 e. The van der Waals surface area contributed by atoms with Gasteiger partial charge in [-0.25, -0.2) is 9.97 Å². The Morgan fingerprint density at radius 1 is 1.29 bits per heavy atom. The van der Waals surface area contributed by atoms with E-state index in [4.69, 9.17) is 23.2 Å². The summed E-state index contributed by atoms with van der Waals surface area (Å²) in [5, 5.41) is 4.78. The normalized spacial score (nSPS) is 11.1. The van der Waals surface area contributed by atoms with Crippen molar-refractivity contribution in [3.8, 4) is 0 Å².